The van der Waals surface area contributed by atoms with E-state index in [1.165, 1.54) is 0 Å². The molecule has 0 radical (unpaired) electrons. The SMILES string of the molecule is CCC(Cl)C(Cl)c1ccccc1. The first-order valence-corrected chi connectivity index (χ1v) is 4.96. The first kappa shape index (κ1) is 9.88. The molecule has 0 fully saturated rings. The lowest BCUT2D eigenvalue weighted by Gasteiger charge is -2.13. The highest BCUT2D eigenvalue weighted by Gasteiger charge is 2.15. The lowest BCUT2D eigenvalue weighted by atomic mass is 10.1. The third-order valence-corrected chi connectivity index (χ3v) is 3.07. The maximum absolute atomic E-state index is 6.12. The molecule has 2 atom stereocenters. The zero-order chi connectivity index (χ0) is 8.97. The maximum atomic E-state index is 6.12. The normalized spacial score (nSPS) is 15.6. The van der Waals surface area contributed by atoms with Crippen LogP contribution in [-0.4, -0.2) is 5.38 Å². The van der Waals surface area contributed by atoms with Gasteiger partial charge in [0.05, 0.1) is 10.8 Å². The molecule has 0 aliphatic rings. The van der Waals surface area contributed by atoms with Crippen molar-refractivity contribution < 1.29 is 0 Å². The van der Waals surface area contributed by atoms with Crippen molar-refractivity contribution in [3.63, 3.8) is 0 Å². The van der Waals surface area contributed by atoms with Crippen LogP contribution >= 0.6 is 23.2 Å². The Morgan fingerprint density at radius 2 is 1.75 bits per heavy atom. The maximum Gasteiger partial charge on any atom is 0.0748 e. The average Bonchev–Trinajstić information content (AvgIpc) is 2.17. The minimum Gasteiger partial charge on any atom is -0.121 e. The Kier molecular flexibility index (Phi) is 3.90. The van der Waals surface area contributed by atoms with Gasteiger partial charge in [0.15, 0.2) is 0 Å². The van der Waals surface area contributed by atoms with Gasteiger partial charge in [-0.1, -0.05) is 37.3 Å². The molecule has 0 N–H and O–H groups in total. The van der Waals surface area contributed by atoms with E-state index in [4.69, 9.17) is 23.2 Å². The predicted octanol–water partition coefficient (Wildman–Crippen LogP) is 3.98. The molecular formula is C10H12Cl2. The zero-order valence-corrected chi connectivity index (χ0v) is 8.52. The molecule has 0 aliphatic heterocycles. The van der Waals surface area contributed by atoms with E-state index in [0.29, 0.717) is 0 Å². The molecule has 0 heterocycles. The van der Waals surface area contributed by atoms with Gasteiger partial charge >= 0.3 is 0 Å². The van der Waals surface area contributed by atoms with Gasteiger partial charge in [-0.05, 0) is 12.0 Å². The molecule has 0 amide bonds. The van der Waals surface area contributed by atoms with Gasteiger partial charge in [-0.3, -0.25) is 0 Å². The molecule has 0 saturated heterocycles. The standard InChI is InChI=1S/C10H12Cl2/c1-2-9(11)10(12)8-6-4-3-5-7-8/h3-7,9-10H,2H2,1H3. The average molecular weight is 203 g/mol. The van der Waals surface area contributed by atoms with Gasteiger partial charge in [0, 0.05) is 0 Å². The molecule has 2 unspecified atom stereocenters. The molecular weight excluding hydrogens is 191 g/mol. The van der Waals surface area contributed by atoms with E-state index in [9.17, 15) is 0 Å². The monoisotopic (exact) mass is 202 g/mol. The summed E-state index contributed by atoms with van der Waals surface area (Å²) < 4.78 is 0. The van der Waals surface area contributed by atoms with Crippen LogP contribution in [0.1, 0.15) is 24.3 Å². The Morgan fingerprint density at radius 1 is 1.17 bits per heavy atom. The Labute approximate surface area is 83.5 Å². The van der Waals surface area contributed by atoms with Gasteiger partial charge in [-0.25, -0.2) is 0 Å². The lowest BCUT2D eigenvalue weighted by Crippen LogP contribution is -2.05. The Bertz CT molecular complexity index is 221. The number of rotatable bonds is 3. The first-order valence-electron chi connectivity index (χ1n) is 4.08. The fraction of sp³-hybridized carbons (Fsp3) is 0.400. The smallest absolute Gasteiger partial charge is 0.0748 e. The second-order valence-electron chi connectivity index (χ2n) is 2.74. The number of alkyl halides is 2. The highest BCUT2D eigenvalue weighted by molar-refractivity contribution is 6.30. The van der Waals surface area contributed by atoms with Crippen molar-refractivity contribution in [3.05, 3.63) is 35.9 Å². The van der Waals surface area contributed by atoms with Gasteiger partial charge in [-0.2, -0.15) is 0 Å². The largest absolute Gasteiger partial charge is 0.121 e. The topological polar surface area (TPSA) is 0 Å². The molecule has 0 saturated carbocycles. The highest BCUT2D eigenvalue weighted by Crippen LogP contribution is 2.29. The summed E-state index contributed by atoms with van der Waals surface area (Å²) >= 11 is 12.1. The van der Waals surface area contributed by atoms with E-state index in [1.807, 2.05) is 37.3 Å². The van der Waals surface area contributed by atoms with Crippen molar-refractivity contribution in [2.75, 3.05) is 0 Å². The molecule has 66 valence electrons. The minimum atomic E-state index is -0.0714. The predicted molar refractivity (Wildman–Crippen MR) is 55.0 cm³/mol. The summed E-state index contributed by atoms with van der Waals surface area (Å²) in [5.41, 5.74) is 1.10. The second kappa shape index (κ2) is 4.74. The second-order valence-corrected chi connectivity index (χ2v) is 3.77. The van der Waals surface area contributed by atoms with Crippen LogP contribution in [0.15, 0.2) is 30.3 Å². The summed E-state index contributed by atoms with van der Waals surface area (Å²) in [6.45, 7) is 2.04. The van der Waals surface area contributed by atoms with Crippen LogP contribution in [0.25, 0.3) is 0 Å². The van der Waals surface area contributed by atoms with Crippen LogP contribution in [0.5, 0.6) is 0 Å². The lowest BCUT2D eigenvalue weighted by molar-refractivity contribution is 0.781. The van der Waals surface area contributed by atoms with Crippen LogP contribution < -0.4 is 0 Å². The van der Waals surface area contributed by atoms with Crippen molar-refractivity contribution in [3.8, 4) is 0 Å². The molecule has 0 aromatic heterocycles. The number of halogens is 2. The van der Waals surface area contributed by atoms with E-state index in [2.05, 4.69) is 0 Å². The van der Waals surface area contributed by atoms with Crippen molar-refractivity contribution in [1.82, 2.24) is 0 Å². The number of hydrogen-bond donors (Lipinski definition) is 0. The molecule has 1 rings (SSSR count). The summed E-state index contributed by atoms with van der Waals surface area (Å²) in [7, 11) is 0. The Balaban J connectivity index is 2.71. The Morgan fingerprint density at radius 3 is 2.25 bits per heavy atom. The zero-order valence-electron chi connectivity index (χ0n) is 7.00. The molecule has 1 aromatic carbocycles. The first-order chi connectivity index (χ1) is 5.75. The van der Waals surface area contributed by atoms with Crippen LogP contribution in [0.4, 0.5) is 0 Å². The summed E-state index contributed by atoms with van der Waals surface area (Å²) in [5, 5.41) is -0.0491. The van der Waals surface area contributed by atoms with Gasteiger partial charge < -0.3 is 0 Å². The molecule has 2 heteroatoms. The molecule has 0 aliphatic carbocycles. The van der Waals surface area contributed by atoms with E-state index < -0.39 is 0 Å². The third-order valence-electron chi connectivity index (χ3n) is 1.83. The quantitative estimate of drug-likeness (QED) is 0.651. The fourth-order valence-electron chi connectivity index (χ4n) is 1.05. The Hall–Kier alpha value is -0.200. The van der Waals surface area contributed by atoms with Crippen molar-refractivity contribution in [2.24, 2.45) is 0 Å². The summed E-state index contributed by atoms with van der Waals surface area (Å²) in [5.74, 6) is 0. The van der Waals surface area contributed by atoms with Crippen LogP contribution in [0.2, 0.25) is 0 Å². The van der Waals surface area contributed by atoms with Crippen molar-refractivity contribution in [1.29, 1.82) is 0 Å². The van der Waals surface area contributed by atoms with E-state index in [0.717, 1.165) is 12.0 Å². The van der Waals surface area contributed by atoms with Crippen LogP contribution in [0.3, 0.4) is 0 Å². The highest BCUT2D eigenvalue weighted by atomic mass is 35.5. The molecule has 0 spiro atoms. The number of benzene rings is 1. The van der Waals surface area contributed by atoms with E-state index in [-0.39, 0.29) is 10.8 Å². The van der Waals surface area contributed by atoms with Crippen LogP contribution in [0, 0.1) is 0 Å². The molecule has 0 bridgehead atoms. The molecule has 0 nitrogen and oxygen atoms in total. The van der Waals surface area contributed by atoms with Gasteiger partial charge in [-0.15, -0.1) is 23.2 Å². The van der Waals surface area contributed by atoms with Crippen molar-refractivity contribution >= 4 is 23.2 Å². The summed E-state index contributed by atoms with van der Waals surface area (Å²) in [6.07, 6.45) is 0.893. The van der Waals surface area contributed by atoms with E-state index >= 15 is 0 Å². The van der Waals surface area contributed by atoms with Gasteiger partial charge in [0.2, 0.25) is 0 Å². The van der Waals surface area contributed by atoms with Gasteiger partial charge in [0.25, 0.3) is 0 Å². The summed E-state index contributed by atoms with van der Waals surface area (Å²) in [4.78, 5) is 0. The van der Waals surface area contributed by atoms with Crippen molar-refractivity contribution in [2.45, 2.75) is 24.1 Å². The summed E-state index contributed by atoms with van der Waals surface area (Å²) in [6, 6.07) is 9.93. The van der Waals surface area contributed by atoms with Crippen LogP contribution in [-0.2, 0) is 0 Å². The third kappa shape index (κ3) is 2.40. The van der Waals surface area contributed by atoms with Gasteiger partial charge in [0.1, 0.15) is 0 Å². The molecule has 12 heavy (non-hydrogen) atoms. The minimum absolute atomic E-state index is 0.0223. The number of hydrogen-bond acceptors (Lipinski definition) is 0. The fourth-order valence-corrected chi connectivity index (χ4v) is 1.52. The van der Waals surface area contributed by atoms with E-state index in [1.54, 1.807) is 0 Å². The molecule has 1 aromatic rings.